The zero-order chi connectivity index (χ0) is 21.7. The number of carbonyl (C=O) groups is 4. The van der Waals surface area contributed by atoms with E-state index in [0.717, 1.165) is 51.4 Å². The van der Waals surface area contributed by atoms with Crippen molar-refractivity contribution in [3.8, 4) is 0 Å². The first-order valence-electron chi connectivity index (χ1n) is 10.7. The Morgan fingerprint density at radius 2 is 1.34 bits per heavy atom. The highest BCUT2D eigenvalue weighted by atomic mass is 16.7. The van der Waals surface area contributed by atoms with Crippen LogP contribution in [0.3, 0.4) is 0 Å². The summed E-state index contributed by atoms with van der Waals surface area (Å²) in [7, 11) is 0. The number of hydrogen-bond donors (Lipinski definition) is 1. The molecule has 1 fully saturated rings. The Labute approximate surface area is 173 Å². The van der Waals surface area contributed by atoms with Crippen molar-refractivity contribution in [1.82, 2.24) is 10.4 Å². The van der Waals surface area contributed by atoms with Crippen molar-refractivity contribution in [3.05, 3.63) is 0 Å². The molecular weight excluding hydrogens is 376 g/mol. The molecule has 0 spiro atoms. The number of rotatable bonds is 13. The van der Waals surface area contributed by atoms with Crippen molar-refractivity contribution in [3.63, 3.8) is 0 Å². The van der Waals surface area contributed by atoms with Crippen LogP contribution in [0, 0.1) is 0 Å². The second kappa shape index (κ2) is 13.2. The first-order valence-corrected chi connectivity index (χ1v) is 10.7. The molecule has 0 aliphatic carbocycles. The fourth-order valence-corrected chi connectivity index (χ4v) is 2.94. The zero-order valence-corrected chi connectivity index (χ0v) is 18.1. The Hall–Kier alpha value is -2.12. The maximum atomic E-state index is 11.7. The molecule has 166 valence electrons. The molecule has 0 aromatic heterocycles. The lowest BCUT2D eigenvalue weighted by molar-refractivity contribution is -0.197. The van der Waals surface area contributed by atoms with Crippen LogP contribution in [0.2, 0.25) is 0 Å². The second-order valence-electron chi connectivity index (χ2n) is 8.41. The quantitative estimate of drug-likeness (QED) is 0.362. The van der Waals surface area contributed by atoms with E-state index in [2.05, 4.69) is 5.32 Å². The number of unbranched alkanes of at least 4 members (excludes halogenated alkanes) is 8. The van der Waals surface area contributed by atoms with Crippen molar-refractivity contribution in [1.29, 1.82) is 0 Å². The van der Waals surface area contributed by atoms with E-state index in [4.69, 9.17) is 9.57 Å². The van der Waals surface area contributed by atoms with Gasteiger partial charge >= 0.3 is 12.1 Å². The number of hydrogen-bond acceptors (Lipinski definition) is 6. The topological polar surface area (TPSA) is 102 Å². The average molecular weight is 413 g/mol. The van der Waals surface area contributed by atoms with Crippen LogP contribution in [0.5, 0.6) is 0 Å². The van der Waals surface area contributed by atoms with Crippen LogP contribution in [0.25, 0.3) is 0 Å². The van der Waals surface area contributed by atoms with Crippen molar-refractivity contribution in [2.24, 2.45) is 0 Å². The third kappa shape index (κ3) is 12.1. The summed E-state index contributed by atoms with van der Waals surface area (Å²) < 4.78 is 5.18. The Bertz CT molecular complexity index is 540. The molecule has 1 aliphatic heterocycles. The first kappa shape index (κ1) is 24.9. The van der Waals surface area contributed by atoms with E-state index in [1.807, 2.05) is 20.8 Å². The van der Waals surface area contributed by atoms with E-state index in [-0.39, 0.29) is 25.4 Å². The minimum atomic E-state index is -0.520. The summed E-state index contributed by atoms with van der Waals surface area (Å²) in [4.78, 5) is 50.7. The summed E-state index contributed by atoms with van der Waals surface area (Å²) >= 11 is 0. The number of amides is 3. The van der Waals surface area contributed by atoms with Gasteiger partial charge < -0.3 is 14.9 Å². The number of nitrogens with zero attached hydrogens (tertiary/aromatic N) is 1. The molecule has 1 N–H and O–H groups in total. The minimum Gasteiger partial charge on any atom is -0.444 e. The van der Waals surface area contributed by atoms with E-state index in [9.17, 15) is 19.2 Å². The van der Waals surface area contributed by atoms with Gasteiger partial charge in [-0.05, 0) is 33.6 Å². The summed E-state index contributed by atoms with van der Waals surface area (Å²) in [5, 5.41) is 3.36. The van der Waals surface area contributed by atoms with E-state index in [0.29, 0.717) is 18.0 Å². The maximum Gasteiger partial charge on any atom is 0.407 e. The van der Waals surface area contributed by atoms with Crippen molar-refractivity contribution < 1.29 is 28.8 Å². The molecule has 1 rings (SSSR count). The SMILES string of the molecule is CC(C)(C)OC(=O)NCCCCCCCCCCCC(=O)ON1C(=O)CCC1=O. The summed E-state index contributed by atoms with van der Waals surface area (Å²) in [6.45, 7) is 6.17. The molecule has 1 heterocycles. The van der Waals surface area contributed by atoms with Gasteiger partial charge in [0.1, 0.15) is 5.60 Å². The average Bonchev–Trinajstić information content (AvgIpc) is 2.93. The molecule has 0 radical (unpaired) electrons. The molecule has 0 aromatic carbocycles. The predicted molar refractivity (Wildman–Crippen MR) is 108 cm³/mol. The van der Waals surface area contributed by atoms with Gasteiger partial charge in [-0.3, -0.25) is 9.59 Å². The van der Waals surface area contributed by atoms with Gasteiger partial charge in [0, 0.05) is 25.8 Å². The Morgan fingerprint density at radius 3 is 1.86 bits per heavy atom. The van der Waals surface area contributed by atoms with Crippen LogP contribution in [0.4, 0.5) is 4.79 Å². The summed E-state index contributed by atoms with van der Waals surface area (Å²) in [6.07, 6.45) is 9.37. The van der Waals surface area contributed by atoms with Crippen molar-refractivity contribution >= 4 is 23.9 Å². The molecule has 1 aliphatic rings. The van der Waals surface area contributed by atoms with Gasteiger partial charge in [0.25, 0.3) is 11.8 Å². The lowest BCUT2D eigenvalue weighted by atomic mass is 10.1. The number of carbonyl (C=O) groups excluding carboxylic acids is 4. The molecule has 0 bridgehead atoms. The Balaban J connectivity index is 1.86. The maximum absolute atomic E-state index is 11.7. The van der Waals surface area contributed by atoms with E-state index < -0.39 is 23.4 Å². The third-order valence-electron chi connectivity index (χ3n) is 4.42. The molecule has 29 heavy (non-hydrogen) atoms. The fourth-order valence-electron chi connectivity index (χ4n) is 2.94. The molecule has 0 unspecified atom stereocenters. The van der Waals surface area contributed by atoms with Crippen LogP contribution < -0.4 is 5.32 Å². The van der Waals surface area contributed by atoms with E-state index >= 15 is 0 Å². The first-order chi connectivity index (χ1) is 13.7. The molecule has 0 atom stereocenters. The highest BCUT2D eigenvalue weighted by Gasteiger charge is 2.32. The van der Waals surface area contributed by atoms with Gasteiger partial charge in [-0.2, -0.15) is 0 Å². The van der Waals surface area contributed by atoms with Gasteiger partial charge in [0.05, 0.1) is 0 Å². The molecular formula is C21H36N2O6. The lowest BCUT2D eigenvalue weighted by Gasteiger charge is -2.19. The number of ether oxygens (including phenoxy) is 1. The molecule has 0 aromatic rings. The number of hydroxylamine groups is 2. The van der Waals surface area contributed by atoms with Crippen LogP contribution >= 0.6 is 0 Å². The van der Waals surface area contributed by atoms with Gasteiger partial charge in [0.15, 0.2) is 0 Å². The number of alkyl carbamates (subject to hydrolysis) is 1. The zero-order valence-electron chi connectivity index (χ0n) is 18.1. The largest absolute Gasteiger partial charge is 0.444 e. The minimum absolute atomic E-state index is 0.117. The standard InChI is InChI=1S/C21H36N2O6/c1-21(2,3)28-20(27)22-16-12-10-8-6-4-5-7-9-11-13-19(26)29-23-17(24)14-15-18(23)25/h4-16H2,1-3H3,(H,22,27). The molecule has 1 saturated heterocycles. The highest BCUT2D eigenvalue weighted by molar-refractivity contribution is 6.01. The number of imide groups is 1. The lowest BCUT2D eigenvalue weighted by Crippen LogP contribution is -2.32. The third-order valence-corrected chi connectivity index (χ3v) is 4.42. The monoisotopic (exact) mass is 412 g/mol. The van der Waals surface area contributed by atoms with Crippen molar-refractivity contribution in [2.75, 3.05) is 6.54 Å². The van der Waals surface area contributed by atoms with Crippen LogP contribution in [-0.2, 0) is 24.0 Å². The van der Waals surface area contributed by atoms with Gasteiger partial charge in [-0.25, -0.2) is 9.59 Å². The van der Waals surface area contributed by atoms with Crippen LogP contribution in [0.15, 0.2) is 0 Å². The fraction of sp³-hybridized carbons (Fsp3) is 0.810. The summed E-state index contributed by atoms with van der Waals surface area (Å²) in [5.74, 6) is -1.40. The van der Waals surface area contributed by atoms with Gasteiger partial charge in [-0.1, -0.05) is 44.9 Å². The summed E-state index contributed by atoms with van der Waals surface area (Å²) in [6, 6.07) is 0. The smallest absolute Gasteiger partial charge is 0.407 e. The Kier molecular flexibility index (Phi) is 11.3. The molecule has 0 saturated carbocycles. The highest BCUT2D eigenvalue weighted by Crippen LogP contribution is 2.14. The van der Waals surface area contributed by atoms with Crippen LogP contribution in [0.1, 0.15) is 97.8 Å². The number of nitrogens with one attached hydrogen (secondary N) is 1. The predicted octanol–water partition coefficient (Wildman–Crippen LogP) is 4.02. The molecule has 8 nitrogen and oxygen atoms in total. The van der Waals surface area contributed by atoms with Gasteiger partial charge in [0.2, 0.25) is 0 Å². The summed E-state index contributed by atoms with van der Waals surface area (Å²) in [5.41, 5.74) is -0.462. The second-order valence-corrected chi connectivity index (χ2v) is 8.41. The van der Waals surface area contributed by atoms with Crippen LogP contribution in [-0.4, -0.2) is 41.1 Å². The normalized spacial score (nSPS) is 14.2. The Morgan fingerprint density at radius 1 is 0.862 bits per heavy atom. The van der Waals surface area contributed by atoms with E-state index in [1.54, 1.807) is 0 Å². The van der Waals surface area contributed by atoms with E-state index in [1.165, 1.54) is 0 Å². The molecule has 3 amide bonds. The van der Waals surface area contributed by atoms with Gasteiger partial charge in [-0.15, -0.1) is 5.06 Å². The van der Waals surface area contributed by atoms with Crippen molar-refractivity contribution in [2.45, 2.75) is 103 Å². The molecule has 8 heteroatoms.